The molecule has 21 heavy (non-hydrogen) atoms. The molecule has 0 radical (unpaired) electrons. The van der Waals surface area contributed by atoms with E-state index in [9.17, 15) is 12.8 Å². The molecule has 0 fully saturated rings. The topological polar surface area (TPSA) is 98.2 Å². The molecule has 0 saturated heterocycles. The van der Waals surface area contributed by atoms with Crippen LogP contribution in [-0.2, 0) is 10.0 Å². The number of halogens is 1. The van der Waals surface area contributed by atoms with Crippen LogP contribution in [0.5, 0.6) is 0 Å². The Morgan fingerprint density at radius 2 is 1.81 bits per heavy atom. The third kappa shape index (κ3) is 3.78. The minimum atomic E-state index is -3.92. The molecule has 2 rings (SSSR count). The van der Waals surface area contributed by atoms with Crippen LogP contribution in [0.15, 0.2) is 53.4 Å². The molecular formula is C14H16FN3O2S. The predicted molar refractivity (Wildman–Crippen MR) is 79.6 cm³/mol. The lowest BCUT2D eigenvalue weighted by molar-refractivity contribution is 0.592. The summed E-state index contributed by atoms with van der Waals surface area (Å²) in [6.07, 6.45) is 0. The summed E-state index contributed by atoms with van der Waals surface area (Å²) < 4.78 is 36.3. The molecule has 0 aliphatic carbocycles. The molecule has 2 aromatic rings. The largest absolute Gasteiger partial charge is 0.375 e. The number of hydrogen-bond acceptors (Lipinski definition) is 4. The van der Waals surface area contributed by atoms with Crippen LogP contribution in [0.1, 0.15) is 11.6 Å². The number of anilines is 1. The molecule has 0 saturated carbocycles. The van der Waals surface area contributed by atoms with Crippen LogP contribution in [0, 0.1) is 5.82 Å². The fourth-order valence-corrected chi connectivity index (χ4v) is 2.47. The Morgan fingerprint density at radius 3 is 2.33 bits per heavy atom. The summed E-state index contributed by atoms with van der Waals surface area (Å²) in [5.41, 5.74) is 6.78. The molecule has 1 unspecified atom stereocenters. The van der Waals surface area contributed by atoms with Gasteiger partial charge >= 0.3 is 0 Å². The zero-order valence-corrected chi connectivity index (χ0v) is 12.0. The second kappa shape index (κ2) is 6.21. The Hall–Kier alpha value is -1.96. The molecule has 0 amide bonds. The molecule has 0 aliphatic rings. The first-order chi connectivity index (χ1) is 9.91. The van der Waals surface area contributed by atoms with E-state index in [0.29, 0.717) is 0 Å². The molecule has 0 bridgehead atoms. The molecule has 0 aliphatic heterocycles. The van der Waals surface area contributed by atoms with E-state index in [4.69, 9.17) is 10.9 Å². The highest BCUT2D eigenvalue weighted by molar-refractivity contribution is 7.89. The first kappa shape index (κ1) is 15.4. The van der Waals surface area contributed by atoms with Crippen molar-refractivity contribution in [3.8, 4) is 0 Å². The summed E-state index contributed by atoms with van der Waals surface area (Å²) in [4.78, 5) is -0.269. The van der Waals surface area contributed by atoms with Crippen LogP contribution in [0.4, 0.5) is 10.1 Å². The van der Waals surface area contributed by atoms with Crippen molar-refractivity contribution in [3.63, 3.8) is 0 Å². The normalized spacial score (nSPS) is 12.9. The summed E-state index contributed by atoms with van der Waals surface area (Å²) in [7, 11) is -3.92. The van der Waals surface area contributed by atoms with E-state index in [1.165, 1.54) is 12.1 Å². The van der Waals surface area contributed by atoms with Gasteiger partial charge in [-0.2, -0.15) is 0 Å². The van der Waals surface area contributed by atoms with E-state index in [2.05, 4.69) is 5.32 Å². The van der Waals surface area contributed by atoms with Gasteiger partial charge in [-0.3, -0.25) is 0 Å². The van der Waals surface area contributed by atoms with Crippen molar-refractivity contribution >= 4 is 15.7 Å². The summed E-state index contributed by atoms with van der Waals surface area (Å²) in [6, 6.07) is 12.5. The van der Waals surface area contributed by atoms with Crippen LogP contribution in [-0.4, -0.2) is 15.0 Å². The van der Waals surface area contributed by atoms with Crippen molar-refractivity contribution in [1.29, 1.82) is 0 Å². The third-order valence-corrected chi connectivity index (χ3v) is 3.95. The van der Waals surface area contributed by atoms with Crippen LogP contribution < -0.4 is 16.2 Å². The van der Waals surface area contributed by atoms with Crippen LogP contribution in [0.3, 0.4) is 0 Å². The highest BCUT2D eigenvalue weighted by Crippen LogP contribution is 2.23. The van der Waals surface area contributed by atoms with Crippen molar-refractivity contribution in [2.45, 2.75) is 10.9 Å². The van der Waals surface area contributed by atoms with E-state index in [-0.39, 0.29) is 23.2 Å². The van der Waals surface area contributed by atoms with Crippen molar-refractivity contribution < 1.29 is 12.8 Å². The van der Waals surface area contributed by atoms with Crippen molar-refractivity contribution in [2.75, 3.05) is 11.9 Å². The number of hydrogen-bond donors (Lipinski definition) is 3. The zero-order valence-electron chi connectivity index (χ0n) is 11.2. The van der Waals surface area contributed by atoms with E-state index in [1.807, 2.05) is 30.3 Å². The van der Waals surface area contributed by atoms with E-state index in [1.54, 1.807) is 0 Å². The van der Waals surface area contributed by atoms with Gasteiger partial charge in [0.05, 0.1) is 16.6 Å². The zero-order chi connectivity index (χ0) is 15.5. The van der Waals surface area contributed by atoms with Crippen molar-refractivity contribution in [3.05, 3.63) is 59.9 Å². The second-order valence-corrected chi connectivity index (χ2v) is 6.09. The van der Waals surface area contributed by atoms with E-state index < -0.39 is 15.8 Å². The Bertz CT molecular complexity index is 720. The first-order valence-electron chi connectivity index (χ1n) is 6.25. The molecule has 0 spiro atoms. The predicted octanol–water partition coefficient (Wildman–Crippen LogP) is 1.59. The monoisotopic (exact) mass is 309 g/mol. The quantitative estimate of drug-likeness (QED) is 0.781. The minimum absolute atomic E-state index is 0.168. The lowest BCUT2D eigenvalue weighted by Crippen LogP contribution is -2.21. The maximum absolute atomic E-state index is 14.0. The Balaban J connectivity index is 2.27. The molecule has 7 heteroatoms. The van der Waals surface area contributed by atoms with Crippen molar-refractivity contribution in [2.24, 2.45) is 10.9 Å². The maximum atomic E-state index is 14.0. The van der Waals surface area contributed by atoms with Gasteiger partial charge in [0.15, 0.2) is 0 Å². The number of nitrogens with two attached hydrogens (primary N) is 2. The standard InChI is InChI=1S/C14H16FN3O2S/c15-12-8-11(21(17,19)20)6-7-13(12)18-14(9-16)10-4-2-1-3-5-10/h1-8,14,18H,9,16H2,(H2,17,19,20). The number of rotatable bonds is 5. The van der Waals surface area contributed by atoms with Gasteiger partial charge < -0.3 is 11.1 Å². The van der Waals surface area contributed by atoms with Gasteiger partial charge in [0.25, 0.3) is 0 Å². The lowest BCUT2D eigenvalue weighted by Gasteiger charge is -2.19. The molecule has 0 aromatic heterocycles. The van der Waals surface area contributed by atoms with Crippen LogP contribution >= 0.6 is 0 Å². The fraction of sp³-hybridized carbons (Fsp3) is 0.143. The minimum Gasteiger partial charge on any atom is -0.375 e. The van der Waals surface area contributed by atoms with Gasteiger partial charge in [-0.25, -0.2) is 17.9 Å². The average molecular weight is 309 g/mol. The Kier molecular flexibility index (Phi) is 4.56. The van der Waals surface area contributed by atoms with Crippen molar-refractivity contribution in [1.82, 2.24) is 0 Å². The SMILES string of the molecule is NCC(Nc1ccc(S(N)(=O)=O)cc1F)c1ccccc1. The van der Waals surface area contributed by atoms with E-state index >= 15 is 0 Å². The van der Waals surface area contributed by atoms with Crippen LogP contribution in [0.2, 0.25) is 0 Å². The number of sulfonamides is 1. The Morgan fingerprint density at radius 1 is 1.14 bits per heavy atom. The summed E-state index contributed by atoms with van der Waals surface area (Å²) in [6.45, 7) is 0.264. The molecule has 5 nitrogen and oxygen atoms in total. The third-order valence-electron chi connectivity index (χ3n) is 3.04. The molecule has 5 N–H and O–H groups in total. The fourth-order valence-electron chi connectivity index (χ4n) is 1.94. The lowest BCUT2D eigenvalue weighted by atomic mass is 10.1. The van der Waals surface area contributed by atoms with Gasteiger partial charge in [0.1, 0.15) is 5.82 Å². The maximum Gasteiger partial charge on any atom is 0.238 e. The highest BCUT2D eigenvalue weighted by atomic mass is 32.2. The number of benzene rings is 2. The molecular weight excluding hydrogens is 293 g/mol. The van der Waals surface area contributed by atoms with Gasteiger partial charge in [-0.1, -0.05) is 30.3 Å². The average Bonchev–Trinajstić information content (AvgIpc) is 2.46. The summed E-state index contributed by atoms with van der Waals surface area (Å²) >= 11 is 0. The molecule has 0 heterocycles. The second-order valence-electron chi connectivity index (χ2n) is 4.53. The first-order valence-corrected chi connectivity index (χ1v) is 7.80. The Labute approximate surface area is 122 Å². The summed E-state index contributed by atoms with van der Waals surface area (Å²) in [5.74, 6) is -0.698. The highest BCUT2D eigenvalue weighted by Gasteiger charge is 2.15. The number of primary sulfonamides is 1. The smallest absolute Gasteiger partial charge is 0.238 e. The number of nitrogens with one attached hydrogen (secondary N) is 1. The van der Waals surface area contributed by atoms with E-state index in [0.717, 1.165) is 11.6 Å². The molecule has 1 atom stereocenters. The van der Waals surface area contributed by atoms with Gasteiger partial charge in [-0.05, 0) is 23.8 Å². The summed E-state index contributed by atoms with van der Waals surface area (Å²) in [5, 5.41) is 7.92. The van der Waals surface area contributed by atoms with Crippen LogP contribution in [0.25, 0.3) is 0 Å². The molecule has 112 valence electrons. The van der Waals surface area contributed by atoms with Gasteiger partial charge in [0.2, 0.25) is 10.0 Å². The van der Waals surface area contributed by atoms with Gasteiger partial charge in [-0.15, -0.1) is 0 Å². The molecule has 2 aromatic carbocycles. The van der Waals surface area contributed by atoms with Gasteiger partial charge in [0, 0.05) is 6.54 Å².